The summed E-state index contributed by atoms with van der Waals surface area (Å²) in [6.07, 6.45) is 3.02. The van der Waals surface area contributed by atoms with Crippen molar-refractivity contribution in [1.82, 2.24) is 14.8 Å². The topological polar surface area (TPSA) is 65.5 Å². The highest BCUT2D eigenvalue weighted by atomic mass is 32.1. The van der Waals surface area contributed by atoms with Crippen molar-refractivity contribution in [2.75, 3.05) is 38.0 Å². The second-order valence-electron chi connectivity index (χ2n) is 6.62. The van der Waals surface area contributed by atoms with Crippen molar-refractivity contribution in [2.45, 2.75) is 47.0 Å². The van der Waals surface area contributed by atoms with Crippen molar-refractivity contribution in [3.8, 4) is 0 Å². The first-order valence-electron chi connectivity index (χ1n) is 9.19. The lowest BCUT2D eigenvalue weighted by Crippen LogP contribution is -2.46. The highest BCUT2D eigenvalue weighted by Gasteiger charge is 2.30. The van der Waals surface area contributed by atoms with E-state index in [2.05, 4.69) is 29.0 Å². The molecule has 6 nitrogen and oxygen atoms in total. The molecular weight excluding hydrogens is 336 g/mol. The molecule has 1 aliphatic carbocycles. The Morgan fingerprint density at radius 1 is 1.20 bits per heavy atom. The Morgan fingerprint density at radius 2 is 1.88 bits per heavy atom. The van der Waals surface area contributed by atoms with E-state index in [1.807, 2.05) is 13.8 Å². The van der Waals surface area contributed by atoms with Crippen LogP contribution in [-0.2, 0) is 9.59 Å². The summed E-state index contributed by atoms with van der Waals surface area (Å²) >= 11 is 1.47. The Bertz CT molecular complexity index is 574. The van der Waals surface area contributed by atoms with Crippen LogP contribution in [0.25, 0.3) is 0 Å². The lowest BCUT2D eigenvalue weighted by Gasteiger charge is -2.32. The number of hydrogen-bond donors (Lipinski definition) is 1. The molecule has 0 radical (unpaired) electrons. The normalized spacial score (nSPS) is 14.4. The third kappa shape index (κ3) is 5.51. The average molecular weight is 367 g/mol. The number of amides is 2. The molecule has 0 atom stereocenters. The van der Waals surface area contributed by atoms with Gasteiger partial charge in [0.25, 0.3) is 0 Å². The maximum atomic E-state index is 12.7. The van der Waals surface area contributed by atoms with E-state index in [1.165, 1.54) is 11.3 Å². The molecule has 1 aromatic heterocycles. The number of carbonyl (C=O) groups is 2. The van der Waals surface area contributed by atoms with Gasteiger partial charge in [-0.25, -0.2) is 4.98 Å². The monoisotopic (exact) mass is 366 g/mol. The first-order valence-corrected chi connectivity index (χ1v) is 10.0. The molecule has 0 aliphatic heterocycles. The maximum absolute atomic E-state index is 12.7. The SMILES string of the molecule is CCN(CC)CCN(CC(=O)Nc1nc(C)c(C)s1)C(=O)C1CCC1. The number of rotatable bonds is 9. The molecule has 1 N–H and O–H groups in total. The zero-order chi connectivity index (χ0) is 18.4. The summed E-state index contributed by atoms with van der Waals surface area (Å²) in [5, 5.41) is 3.45. The molecule has 1 fully saturated rings. The summed E-state index contributed by atoms with van der Waals surface area (Å²) in [5.74, 6) is 0.0647. The van der Waals surface area contributed by atoms with Crippen LogP contribution in [0.1, 0.15) is 43.7 Å². The Balaban J connectivity index is 1.95. The van der Waals surface area contributed by atoms with Crippen molar-refractivity contribution in [2.24, 2.45) is 5.92 Å². The number of nitrogens with one attached hydrogen (secondary N) is 1. The third-order valence-electron chi connectivity index (χ3n) is 4.96. The highest BCUT2D eigenvalue weighted by molar-refractivity contribution is 7.15. The van der Waals surface area contributed by atoms with Gasteiger partial charge in [-0.05, 0) is 39.8 Å². The number of anilines is 1. The van der Waals surface area contributed by atoms with Gasteiger partial charge in [-0.3, -0.25) is 9.59 Å². The lowest BCUT2D eigenvalue weighted by atomic mass is 9.84. The van der Waals surface area contributed by atoms with Crippen LogP contribution in [0.2, 0.25) is 0 Å². The number of nitrogens with zero attached hydrogens (tertiary/aromatic N) is 3. The number of aromatic nitrogens is 1. The molecule has 1 saturated carbocycles. The highest BCUT2D eigenvalue weighted by Crippen LogP contribution is 2.28. The fourth-order valence-corrected chi connectivity index (χ4v) is 3.67. The van der Waals surface area contributed by atoms with Crippen molar-refractivity contribution in [3.63, 3.8) is 0 Å². The fourth-order valence-electron chi connectivity index (χ4n) is 2.84. The molecule has 0 spiro atoms. The van der Waals surface area contributed by atoms with Gasteiger partial charge in [-0.15, -0.1) is 11.3 Å². The molecule has 7 heteroatoms. The molecule has 1 aliphatic rings. The summed E-state index contributed by atoms with van der Waals surface area (Å²) in [5.41, 5.74) is 0.934. The van der Waals surface area contributed by atoms with E-state index in [9.17, 15) is 9.59 Å². The zero-order valence-corrected chi connectivity index (χ0v) is 16.6. The summed E-state index contributed by atoms with van der Waals surface area (Å²) in [4.78, 5) is 34.5. The summed E-state index contributed by atoms with van der Waals surface area (Å²) < 4.78 is 0. The molecule has 0 unspecified atom stereocenters. The second-order valence-corrected chi connectivity index (χ2v) is 7.83. The number of likely N-dealkylation sites (N-methyl/N-ethyl adjacent to an activating group) is 1. The van der Waals surface area contributed by atoms with Crippen LogP contribution < -0.4 is 5.32 Å². The van der Waals surface area contributed by atoms with Crippen LogP contribution in [0.4, 0.5) is 5.13 Å². The smallest absolute Gasteiger partial charge is 0.245 e. The molecule has 0 bridgehead atoms. The molecule has 2 amide bonds. The van der Waals surface area contributed by atoms with Crippen LogP contribution in [-0.4, -0.2) is 59.3 Å². The van der Waals surface area contributed by atoms with Crippen LogP contribution in [0.15, 0.2) is 0 Å². The van der Waals surface area contributed by atoms with Crippen molar-refractivity contribution in [1.29, 1.82) is 0 Å². The van der Waals surface area contributed by atoms with E-state index in [0.717, 1.165) is 49.5 Å². The molecule has 1 heterocycles. The Labute approximate surface area is 154 Å². The average Bonchev–Trinajstić information content (AvgIpc) is 2.82. The zero-order valence-electron chi connectivity index (χ0n) is 15.8. The van der Waals surface area contributed by atoms with E-state index in [0.29, 0.717) is 11.7 Å². The van der Waals surface area contributed by atoms with Crippen LogP contribution in [0.3, 0.4) is 0 Å². The quantitative estimate of drug-likeness (QED) is 0.730. The van der Waals surface area contributed by atoms with E-state index < -0.39 is 0 Å². The van der Waals surface area contributed by atoms with Gasteiger partial charge >= 0.3 is 0 Å². The van der Waals surface area contributed by atoms with Crippen molar-refractivity contribution < 1.29 is 9.59 Å². The van der Waals surface area contributed by atoms with Crippen LogP contribution in [0.5, 0.6) is 0 Å². The number of hydrogen-bond acceptors (Lipinski definition) is 5. The van der Waals surface area contributed by atoms with E-state index in [1.54, 1.807) is 4.90 Å². The second kappa shape index (κ2) is 9.29. The molecule has 2 rings (SSSR count). The molecule has 0 aromatic carbocycles. The van der Waals surface area contributed by atoms with E-state index >= 15 is 0 Å². The summed E-state index contributed by atoms with van der Waals surface area (Å²) in [7, 11) is 0. The largest absolute Gasteiger partial charge is 0.332 e. The minimum atomic E-state index is -0.166. The lowest BCUT2D eigenvalue weighted by molar-refractivity contribution is -0.140. The Morgan fingerprint density at radius 3 is 2.36 bits per heavy atom. The van der Waals surface area contributed by atoms with Gasteiger partial charge in [0.2, 0.25) is 11.8 Å². The molecule has 1 aromatic rings. The third-order valence-corrected chi connectivity index (χ3v) is 5.94. The van der Waals surface area contributed by atoms with Gasteiger partial charge < -0.3 is 15.1 Å². The van der Waals surface area contributed by atoms with E-state index in [-0.39, 0.29) is 24.3 Å². The van der Waals surface area contributed by atoms with Gasteiger partial charge in [0.05, 0.1) is 12.2 Å². The predicted molar refractivity (Wildman–Crippen MR) is 102 cm³/mol. The molecule has 0 saturated heterocycles. The Kier molecular flexibility index (Phi) is 7.38. The van der Waals surface area contributed by atoms with Gasteiger partial charge in [0, 0.05) is 23.9 Å². The van der Waals surface area contributed by atoms with E-state index in [4.69, 9.17) is 0 Å². The van der Waals surface area contributed by atoms with Crippen LogP contribution >= 0.6 is 11.3 Å². The van der Waals surface area contributed by atoms with Gasteiger partial charge in [-0.1, -0.05) is 20.3 Å². The number of carbonyl (C=O) groups excluding carboxylic acids is 2. The minimum Gasteiger partial charge on any atom is -0.332 e. The molecule has 25 heavy (non-hydrogen) atoms. The maximum Gasteiger partial charge on any atom is 0.245 e. The summed E-state index contributed by atoms with van der Waals surface area (Å²) in [6, 6.07) is 0. The van der Waals surface area contributed by atoms with Gasteiger partial charge in [-0.2, -0.15) is 0 Å². The summed E-state index contributed by atoms with van der Waals surface area (Å²) in [6.45, 7) is 11.5. The van der Waals surface area contributed by atoms with Crippen molar-refractivity contribution in [3.05, 3.63) is 10.6 Å². The minimum absolute atomic E-state index is 0.105. The fraction of sp³-hybridized carbons (Fsp3) is 0.722. The predicted octanol–water partition coefficient (Wildman–Crippen LogP) is 2.67. The Hall–Kier alpha value is -1.47. The van der Waals surface area contributed by atoms with Crippen molar-refractivity contribution >= 4 is 28.3 Å². The molecular formula is C18H30N4O2S. The standard InChI is InChI=1S/C18H30N4O2S/c1-5-21(6-2)10-11-22(17(24)15-8-7-9-15)12-16(23)20-18-19-13(3)14(4)25-18/h15H,5-12H2,1-4H3,(H,19,20,23). The van der Waals surface area contributed by atoms with Crippen LogP contribution in [0, 0.1) is 19.8 Å². The first kappa shape index (κ1) is 19.8. The number of thiazole rings is 1. The van der Waals surface area contributed by atoms with Gasteiger partial charge in [0.1, 0.15) is 0 Å². The number of aryl methyl sites for hydroxylation is 2. The molecule has 140 valence electrons. The van der Waals surface area contributed by atoms with Gasteiger partial charge in [0.15, 0.2) is 5.13 Å². The first-order chi connectivity index (χ1) is 11.9.